The van der Waals surface area contributed by atoms with Crippen LogP contribution in [-0.4, -0.2) is 49.7 Å². The van der Waals surface area contributed by atoms with Crippen molar-refractivity contribution in [1.29, 1.82) is 0 Å². The van der Waals surface area contributed by atoms with Gasteiger partial charge in [0.2, 0.25) is 17.8 Å². The van der Waals surface area contributed by atoms with Crippen molar-refractivity contribution in [2.75, 3.05) is 47.0 Å². The lowest BCUT2D eigenvalue weighted by Gasteiger charge is -2.27. The Hall–Kier alpha value is -3.44. The van der Waals surface area contributed by atoms with Crippen molar-refractivity contribution in [3.63, 3.8) is 0 Å². The number of nitrogen functional groups attached to an aromatic ring is 1. The first-order valence-electron chi connectivity index (χ1n) is 9.29. The summed E-state index contributed by atoms with van der Waals surface area (Å²) < 4.78 is 33.3. The van der Waals surface area contributed by atoms with Crippen LogP contribution >= 0.6 is 0 Å². The van der Waals surface area contributed by atoms with Crippen LogP contribution in [0.4, 0.5) is 29.2 Å². The zero-order chi connectivity index (χ0) is 21.0. The van der Waals surface area contributed by atoms with Crippen LogP contribution in [0.3, 0.4) is 0 Å². The predicted octanol–water partition coefficient (Wildman–Crippen LogP) is 1.83. The minimum atomic E-state index is -3.90. The van der Waals surface area contributed by atoms with Gasteiger partial charge in [0.25, 0.3) is 10.0 Å². The number of aromatic nitrogens is 3. The van der Waals surface area contributed by atoms with Crippen molar-refractivity contribution in [3.8, 4) is 0 Å². The molecule has 1 aromatic heterocycles. The van der Waals surface area contributed by atoms with E-state index in [4.69, 9.17) is 10.5 Å². The highest BCUT2D eigenvalue weighted by Crippen LogP contribution is 2.21. The Kier molecular flexibility index (Phi) is 5.63. The number of morpholine rings is 1. The molecule has 2 heterocycles. The van der Waals surface area contributed by atoms with Crippen molar-refractivity contribution in [1.82, 2.24) is 15.0 Å². The lowest BCUT2D eigenvalue weighted by Crippen LogP contribution is -2.37. The number of anilines is 5. The zero-order valence-corrected chi connectivity index (χ0v) is 16.8. The van der Waals surface area contributed by atoms with Gasteiger partial charge in [0, 0.05) is 24.5 Å². The number of nitrogens with two attached hydrogens (primary N) is 1. The van der Waals surface area contributed by atoms with E-state index in [2.05, 4.69) is 25.0 Å². The number of hydrogen-bond acceptors (Lipinski definition) is 9. The molecule has 1 aliphatic heterocycles. The number of nitrogens with one attached hydrogen (secondary N) is 2. The van der Waals surface area contributed by atoms with Gasteiger partial charge < -0.3 is 20.7 Å². The van der Waals surface area contributed by atoms with Crippen LogP contribution in [0, 0.1) is 0 Å². The van der Waals surface area contributed by atoms with Crippen LogP contribution < -0.4 is 20.7 Å². The predicted molar refractivity (Wildman–Crippen MR) is 114 cm³/mol. The van der Waals surface area contributed by atoms with E-state index in [1.807, 2.05) is 35.2 Å². The van der Waals surface area contributed by atoms with Crippen molar-refractivity contribution in [2.24, 2.45) is 0 Å². The van der Waals surface area contributed by atoms with Gasteiger partial charge in [-0.05, 0) is 36.4 Å². The zero-order valence-electron chi connectivity index (χ0n) is 16.0. The number of benzene rings is 2. The van der Waals surface area contributed by atoms with Crippen LogP contribution in [0.2, 0.25) is 0 Å². The molecule has 3 aromatic rings. The van der Waals surface area contributed by atoms with Crippen molar-refractivity contribution >= 4 is 39.2 Å². The van der Waals surface area contributed by atoms with Gasteiger partial charge in [-0.15, -0.1) is 0 Å². The third kappa shape index (κ3) is 4.75. The van der Waals surface area contributed by atoms with E-state index in [-0.39, 0.29) is 16.8 Å². The molecule has 0 atom stereocenters. The highest BCUT2D eigenvalue weighted by molar-refractivity contribution is 7.92. The monoisotopic (exact) mass is 427 g/mol. The van der Waals surface area contributed by atoms with Gasteiger partial charge in [-0.25, -0.2) is 13.1 Å². The molecule has 0 saturated carbocycles. The molecule has 11 heteroatoms. The number of sulfonamides is 1. The maximum Gasteiger partial charge on any atom is 0.264 e. The number of hydrogen-bond donors (Lipinski definition) is 3. The van der Waals surface area contributed by atoms with Crippen LogP contribution in [0.15, 0.2) is 59.5 Å². The summed E-state index contributed by atoms with van der Waals surface area (Å²) in [6.45, 7) is 2.27. The molecule has 0 amide bonds. The molecular weight excluding hydrogens is 406 g/mol. The SMILES string of the molecule is Nc1ccc(S(=O)(=O)Nc2nc(Nc3ccccc3)nc(N3CCOCC3)n2)cc1. The minimum Gasteiger partial charge on any atom is -0.399 e. The van der Waals surface area contributed by atoms with Crippen molar-refractivity contribution in [3.05, 3.63) is 54.6 Å². The lowest BCUT2D eigenvalue weighted by atomic mass is 10.3. The smallest absolute Gasteiger partial charge is 0.264 e. The second-order valence-corrected chi connectivity index (χ2v) is 8.23. The maximum absolute atomic E-state index is 12.8. The summed E-state index contributed by atoms with van der Waals surface area (Å²) in [7, 11) is -3.90. The van der Waals surface area contributed by atoms with E-state index in [0.29, 0.717) is 37.9 Å². The lowest BCUT2D eigenvalue weighted by molar-refractivity contribution is 0.122. The first-order valence-corrected chi connectivity index (χ1v) is 10.8. The second-order valence-electron chi connectivity index (χ2n) is 6.55. The average molecular weight is 427 g/mol. The fraction of sp³-hybridized carbons (Fsp3) is 0.211. The summed E-state index contributed by atoms with van der Waals surface area (Å²) in [6, 6.07) is 15.2. The van der Waals surface area contributed by atoms with Crippen molar-refractivity contribution < 1.29 is 13.2 Å². The number of rotatable bonds is 6. The largest absolute Gasteiger partial charge is 0.399 e. The third-order valence-electron chi connectivity index (χ3n) is 4.36. The van der Waals surface area contributed by atoms with Gasteiger partial charge in [0.1, 0.15) is 0 Å². The Morgan fingerprint density at radius 3 is 2.27 bits per heavy atom. The maximum atomic E-state index is 12.8. The fourth-order valence-corrected chi connectivity index (χ4v) is 3.79. The van der Waals surface area contributed by atoms with E-state index >= 15 is 0 Å². The van der Waals surface area contributed by atoms with Crippen LogP contribution in [0.5, 0.6) is 0 Å². The summed E-state index contributed by atoms with van der Waals surface area (Å²) in [5.41, 5.74) is 6.88. The molecule has 2 aromatic carbocycles. The van der Waals surface area contributed by atoms with Crippen LogP contribution in [0.25, 0.3) is 0 Å². The van der Waals surface area contributed by atoms with Gasteiger partial charge in [-0.3, -0.25) is 0 Å². The van der Waals surface area contributed by atoms with Gasteiger partial charge in [0.05, 0.1) is 18.1 Å². The highest BCUT2D eigenvalue weighted by atomic mass is 32.2. The molecule has 0 aliphatic carbocycles. The molecule has 0 radical (unpaired) electrons. The molecule has 1 aliphatic rings. The van der Waals surface area contributed by atoms with Crippen LogP contribution in [0.1, 0.15) is 0 Å². The molecule has 1 saturated heterocycles. The van der Waals surface area contributed by atoms with Crippen molar-refractivity contribution in [2.45, 2.75) is 4.90 Å². The fourth-order valence-electron chi connectivity index (χ4n) is 2.85. The van der Waals surface area contributed by atoms with Gasteiger partial charge >= 0.3 is 0 Å². The summed E-state index contributed by atoms with van der Waals surface area (Å²) in [6.07, 6.45) is 0. The highest BCUT2D eigenvalue weighted by Gasteiger charge is 2.20. The van der Waals surface area contributed by atoms with E-state index in [1.165, 1.54) is 24.3 Å². The minimum absolute atomic E-state index is 0.0580. The Morgan fingerprint density at radius 1 is 0.900 bits per heavy atom. The summed E-state index contributed by atoms with van der Waals surface area (Å²) in [5, 5.41) is 3.09. The van der Waals surface area contributed by atoms with Gasteiger partial charge in [0.15, 0.2) is 0 Å². The topological polar surface area (TPSA) is 135 Å². The standard InChI is InChI=1S/C19H21N7O3S/c20-14-6-8-16(9-7-14)30(27,28)25-18-22-17(21-15-4-2-1-3-5-15)23-19(24-18)26-10-12-29-13-11-26/h1-9H,10-13,20H2,(H2,21,22,23,24,25). The molecule has 0 bridgehead atoms. The molecule has 4 N–H and O–H groups in total. The Bertz CT molecular complexity index is 1100. The summed E-state index contributed by atoms with van der Waals surface area (Å²) >= 11 is 0. The second kappa shape index (κ2) is 8.51. The van der Waals surface area contributed by atoms with E-state index in [1.54, 1.807) is 0 Å². The van der Waals surface area contributed by atoms with E-state index < -0.39 is 10.0 Å². The molecule has 10 nitrogen and oxygen atoms in total. The third-order valence-corrected chi connectivity index (χ3v) is 5.71. The molecule has 1 fully saturated rings. The molecule has 156 valence electrons. The number of para-hydroxylation sites is 1. The molecule has 4 rings (SSSR count). The molecule has 30 heavy (non-hydrogen) atoms. The molecule has 0 unspecified atom stereocenters. The normalized spacial score (nSPS) is 14.3. The molecular formula is C19H21N7O3S. The van der Waals surface area contributed by atoms with Gasteiger partial charge in [-0.1, -0.05) is 18.2 Å². The Labute approximate surface area is 174 Å². The van der Waals surface area contributed by atoms with E-state index in [9.17, 15) is 8.42 Å². The number of ether oxygens (including phenoxy) is 1. The first-order chi connectivity index (χ1) is 14.5. The van der Waals surface area contributed by atoms with E-state index in [0.717, 1.165) is 5.69 Å². The summed E-state index contributed by atoms with van der Waals surface area (Å²) in [5.74, 6) is 0.510. The quantitative estimate of drug-likeness (QED) is 0.503. The average Bonchev–Trinajstić information content (AvgIpc) is 2.75. The first kappa shape index (κ1) is 19.9. The Morgan fingerprint density at radius 2 is 1.57 bits per heavy atom. The number of nitrogens with zero attached hydrogens (tertiary/aromatic N) is 4. The Balaban J connectivity index is 1.66. The molecule has 0 spiro atoms. The van der Waals surface area contributed by atoms with Crippen LogP contribution in [-0.2, 0) is 14.8 Å². The summed E-state index contributed by atoms with van der Waals surface area (Å²) in [4.78, 5) is 15.0. The van der Waals surface area contributed by atoms with Gasteiger partial charge in [-0.2, -0.15) is 15.0 Å².